The number of fused-ring (bicyclic) bond motifs is 3. The van der Waals surface area contributed by atoms with Gasteiger partial charge < -0.3 is 9.05 Å². The highest BCUT2D eigenvalue weighted by molar-refractivity contribution is 6.00. The summed E-state index contributed by atoms with van der Waals surface area (Å²) in [5.41, 5.74) is -1.25. The van der Waals surface area contributed by atoms with Crippen LogP contribution in [-0.2, 0) is 15.6 Å². The van der Waals surface area contributed by atoms with Crippen molar-refractivity contribution in [3.05, 3.63) is 35.9 Å². The lowest BCUT2D eigenvalue weighted by Crippen LogP contribution is -2.71. The van der Waals surface area contributed by atoms with Gasteiger partial charge in [-0.1, -0.05) is 31.1 Å². The van der Waals surface area contributed by atoms with Crippen molar-refractivity contribution in [3.8, 4) is 11.5 Å². The van der Waals surface area contributed by atoms with Crippen LogP contribution in [0.1, 0.15) is 115 Å². The summed E-state index contributed by atoms with van der Waals surface area (Å²) in [5, 5.41) is 8.60. The van der Waals surface area contributed by atoms with E-state index in [0.717, 1.165) is 68.6 Å². The number of rotatable bonds is 7. The van der Waals surface area contributed by atoms with Crippen LogP contribution in [0, 0.1) is 10.8 Å². The van der Waals surface area contributed by atoms with Crippen molar-refractivity contribution in [1.29, 1.82) is 0 Å². The molecule has 0 N–H and O–H groups in total. The van der Waals surface area contributed by atoms with Gasteiger partial charge in [-0.25, -0.2) is 9.37 Å². The summed E-state index contributed by atoms with van der Waals surface area (Å²) in [4.78, 5) is 30.1. The number of alkyl halides is 1. The van der Waals surface area contributed by atoms with Crippen LogP contribution in [-0.4, -0.2) is 43.4 Å². The van der Waals surface area contributed by atoms with Gasteiger partial charge in [0.05, 0.1) is 5.41 Å². The van der Waals surface area contributed by atoms with Crippen LogP contribution >= 0.6 is 0 Å². The Morgan fingerprint density at radius 2 is 1.73 bits per heavy atom. The summed E-state index contributed by atoms with van der Waals surface area (Å²) in [6.45, 7) is 6.84. The number of amides is 1. The second-order valence-electron chi connectivity index (χ2n) is 14.9. The third-order valence-corrected chi connectivity index (χ3v) is 10.8. The fourth-order valence-electron chi connectivity index (χ4n) is 7.91. The van der Waals surface area contributed by atoms with E-state index in [1.165, 1.54) is 0 Å². The van der Waals surface area contributed by atoms with Gasteiger partial charge in [0, 0.05) is 35.1 Å². The minimum atomic E-state index is -1.15. The molecule has 1 amide bonds. The maximum atomic E-state index is 14.6. The van der Waals surface area contributed by atoms with Crippen LogP contribution < -0.4 is 4.90 Å². The Hall–Kier alpha value is -3.17. The van der Waals surface area contributed by atoms with Crippen LogP contribution in [0.3, 0.4) is 0 Å². The van der Waals surface area contributed by atoms with Crippen molar-refractivity contribution >= 4 is 11.7 Å². The highest BCUT2D eigenvalue weighted by Gasteiger charge is 2.73. The summed E-state index contributed by atoms with van der Waals surface area (Å²) in [7, 11) is 0. The third-order valence-electron chi connectivity index (χ3n) is 10.8. The zero-order valence-corrected chi connectivity index (χ0v) is 24.1. The fourth-order valence-corrected chi connectivity index (χ4v) is 7.91. The first-order valence-electron chi connectivity index (χ1n) is 15.2. The van der Waals surface area contributed by atoms with Crippen LogP contribution in [0.15, 0.2) is 27.4 Å². The van der Waals surface area contributed by atoms with Gasteiger partial charge in [0.15, 0.2) is 11.6 Å². The average molecular weight is 561 g/mol. The number of anilines is 1. The van der Waals surface area contributed by atoms with Gasteiger partial charge >= 0.3 is 0 Å². The standard InChI is InChI=1S/C31H37FN6O3/c1-27(2,3)25-35-24(37-41-25)29-10-7-28(8-11-29,9-12-29)18-38(26(39)30-15-31(32,16-30)17-30)21-14-20(6-13-33-21)23-34-22(36-40-23)19-4-5-19/h6,13-14,19H,4-5,7-12,15-18H2,1-3H3. The predicted octanol–water partition coefficient (Wildman–Crippen LogP) is 6.21. The highest BCUT2D eigenvalue weighted by atomic mass is 19.1. The van der Waals surface area contributed by atoms with Crippen LogP contribution in [0.5, 0.6) is 0 Å². The Bertz CT molecular complexity index is 1490. The van der Waals surface area contributed by atoms with Crippen molar-refractivity contribution < 1.29 is 18.2 Å². The monoisotopic (exact) mass is 560 g/mol. The maximum absolute atomic E-state index is 14.6. The van der Waals surface area contributed by atoms with Gasteiger partial charge in [0.2, 0.25) is 11.8 Å². The van der Waals surface area contributed by atoms with Crippen molar-refractivity contribution in [2.75, 3.05) is 11.4 Å². The Morgan fingerprint density at radius 1 is 1.02 bits per heavy atom. The van der Waals surface area contributed by atoms with E-state index in [-0.39, 0.29) is 22.2 Å². The topological polar surface area (TPSA) is 111 Å². The normalized spacial score (nSPS) is 33.8. The van der Waals surface area contributed by atoms with E-state index in [1.807, 2.05) is 17.0 Å². The van der Waals surface area contributed by atoms with E-state index in [2.05, 4.69) is 41.1 Å². The lowest BCUT2D eigenvalue weighted by atomic mass is 9.41. The molecule has 10 rings (SSSR count). The second-order valence-corrected chi connectivity index (χ2v) is 14.9. The molecule has 7 saturated carbocycles. The average Bonchev–Trinajstić information content (AvgIpc) is 3.43. The number of carbonyl (C=O) groups excluding carboxylic acids is 1. The van der Waals surface area contributed by atoms with Crippen molar-refractivity contribution in [3.63, 3.8) is 0 Å². The van der Waals surface area contributed by atoms with Gasteiger partial charge in [0.25, 0.3) is 5.89 Å². The van der Waals surface area contributed by atoms with Crippen LogP contribution in [0.4, 0.5) is 10.2 Å². The molecule has 0 saturated heterocycles. The molecule has 0 aliphatic heterocycles. The third kappa shape index (κ3) is 3.99. The summed E-state index contributed by atoms with van der Waals surface area (Å²) in [6.07, 6.45) is 10.7. The molecule has 0 unspecified atom stereocenters. The lowest BCUT2D eigenvalue weighted by molar-refractivity contribution is -0.211. The summed E-state index contributed by atoms with van der Waals surface area (Å²) >= 11 is 0. The van der Waals surface area contributed by atoms with Crippen molar-refractivity contribution in [2.45, 2.75) is 114 Å². The van der Waals surface area contributed by atoms with Crippen LogP contribution in [0.25, 0.3) is 11.5 Å². The number of carbonyl (C=O) groups is 1. The Labute approximate surface area is 238 Å². The Balaban J connectivity index is 1.07. The van der Waals surface area contributed by atoms with Gasteiger partial charge in [-0.15, -0.1) is 0 Å². The molecule has 3 aromatic rings. The minimum absolute atomic E-state index is 0.00986. The Kier molecular flexibility index (Phi) is 5.12. The molecule has 0 radical (unpaired) electrons. The van der Waals surface area contributed by atoms with Crippen molar-refractivity contribution in [1.82, 2.24) is 25.3 Å². The first kappa shape index (κ1) is 25.5. The fraction of sp³-hybridized carbons (Fsp3) is 0.677. The van der Waals surface area contributed by atoms with Gasteiger partial charge in [-0.2, -0.15) is 9.97 Å². The Morgan fingerprint density at radius 3 is 2.34 bits per heavy atom. The zero-order valence-electron chi connectivity index (χ0n) is 24.1. The molecule has 0 aromatic carbocycles. The first-order valence-corrected chi connectivity index (χ1v) is 15.2. The van der Waals surface area contributed by atoms with Gasteiger partial charge in [-0.05, 0) is 88.2 Å². The van der Waals surface area contributed by atoms with E-state index < -0.39 is 11.1 Å². The molecule has 216 valence electrons. The maximum Gasteiger partial charge on any atom is 0.258 e. The summed E-state index contributed by atoms with van der Waals surface area (Å²) < 4.78 is 25.8. The van der Waals surface area contributed by atoms with E-state index in [0.29, 0.717) is 49.3 Å². The molecular weight excluding hydrogens is 523 g/mol. The minimum Gasteiger partial charge on any atom is -0.339 e. The molecule has 9 nitrogen and oxygen atoms in total. The van der Waals surface area contributed by atoms with E-state index in [4.69, 9.17) is 14.0 Å². The molecule has 10 heteroatoms. The molecule has 7 aliphatic rings. The van der Waals surface area contributed by atoms with Crippen molar-refractivity contribution in [2.24, 2.45) is 10.8 Å². The highest BCUT2D eigenvalue weighted by Crippen LogP contribution is 2.70. The molecule has 7 aliphatic carbocycles. The molecule has 3 heterocycles. The van der Waals surface area contributed by atoms with Gasteiger partial charge in [-0.3, -0.25) is 9.69 Å². The lowest BCUT2D eigenvalue weighted by Gasteiger charge is -2.65. The first-order chi connectivity index (χ1) is 19.5. The SMILES string of the molecule is CC(C)(C)c1nc(C23CCC(CN(C(=O)C45CC(F)(C4)C5)c4cc(-c5nc(C6CC6)no5)ccn4)(CC2)CC3)no1. The number of pyridine rings is 1. The molecule has 3 aromatic heterocycles. The molecule has 4 bridgehead atoms. The second kappa shape index (κ2) is 8.22. The summed E-state index contributed by atoms with van der Waals surface area (Å²) in [5.74, 6) is 3.70. The number of aromatic nitrogens is 5. The summed E-state index contributed by atoms with van der Waals surface area (Å²) in [6, 6.07) is 3.73. The molecule has 0 atom stereocenters. The smallest absolute Gasteiger partial charge is 0.258 e. The number of halogens is 1. The number of nitrogens with zero attached hydrogens (tertiary/aromatic N) is 6. The molecule has 41 heavy (non-hydrogen) atoms. The van der Waals surface area contributed by atoms with E-state index in [9.17, 15) is 9.18 Å². The number of hydrogen-bond donors (Lipinski definition) is 0. The van der Waals surface area contributed by atoms with E-state index in [1.54, 1.807) is 6.20 Å². The molecule has 7 fully saturated rings. The molecular formula is C31H37FN6O3. The van der Waals surface area contributed by atoms with Gasteiger partial charge in [0.1, 0.15) is 11.5 Å². The predicted molar refractivity (Wildman–Crippen MR) is 147 cm³/mol. The quantitative estimate of drug-likeness (QED) is 0.336. The van der Waals surface area contributed by atoms with Crippen LogP contribution in [0.2, 0.25) is 0 Å². The zero-order chi connectivity index (χ0) is 28.3. The van der Waals surface area contributed by atoms with E-state index >= 15 is 0 Å². The largest absolute Gasteiger partial charge is 0.339 e. The molecule has 0 spiro atoms. The number of hydrogen-bond acceptors (Lipinski definition) is 8.